The van der Waals surface area contributed by atoms with Crippen LogP contribution in [0.2, 0.25) is 4.73 Å². The topological polar surface area (TPSA) is 3.24 Å². The molecule has 146 valence electrons. The molecule has 0 amide bonds. The molecular formula is C21H39Cl2NTi. The fourth-order valence-corrected chi connectivity index (χ4v) is 7.62. The van der Waals surface area contributed by atoms with Crippen LogP contribution in [0.4, 0.5) is 0 Å². The molecule has 25 heavy (non-hydrogen) atoms. The van der Waals surface area contributed by atoms with E-state index in [2.05, 4.69) is 52.8 Å². The van der Waals surface area contributed by atoms with Gasteiger partial charge >= 0.3 is 154 Å². The molecule has 0 radical (unpaired) electrons. The number of rotatable bonds is 7. The van der Waals surface area contributed by atoms with Crippen LogP contribution < -0.4 is 0 Å². The largest absolute Gasteiger partial charge is 0.147 e. The first kappa shape index (κ1) is 25.7. The van der Waals surface area contributed by atoms with Crippen molar-refractivity contribution >= 4 is 24.8 Å². The van der Waals surface area contributed by atoms with Crippen LogP contribution >= 0.6 is 24.8 Å². The number of allylic oxidation sites excluding steroid dienone is 4. The van der Waals surface area contributed by atoms with Crippen LogP contribution in [-0.2, 0) is 19.2 Å². The minimum absolute atomic E-state index is 0. The first-order chi connectivity index (χ1) is 10.9. The molecule has 2 aliphatic carbocycles. The van der Waals surface area contributed by atoms with Crippen molar-refractivity contribution in [2.24, 2.45) is 23.7 Å². The Morgan fingerprint density at radius 3 is 2.12 bits per heavy atom. The van der Waals surface area contributed by atoms with E-state index in [9.17, 15) is 0 Å². The van der Waals surface area contributed by atoms with E-state index in [1.165, 1.54) is 43.4 Å². The Morgan fingerprint density at radius 1 is 1.04 bits per heavy atom. The van der Waals surface area contributed by atoms with E-state index < -0.39 is 0 Å². The van der Waals surface area contributed by atoms with E-state index >= 15 is 0 Å². The zero-order chi connectivity index (χ0) is 17.0. The van der Waals surface area contributed by atoms with Crippen LogP contribution in [0.3, 0.4) is 0 Å². The van der Waals surface area contributed by atoms with Crippen molar-refractivity contribution in [2.45, 2.75) is 64.5 Å². The second-order valence-electron chi connectivity index (χ2n) is 8.45. The van der Waals surface area contributed by atoms with E-state index in [0.29, 0.717) is 5.92 Å². The fourth-order valence-electron chi connectivity index (χ4n) is 4.32. The van der Waals surface area contributed by atoms with Crippen LogP contribution in [-0.4, -0.2) is 25.5 Å². The van der Waals surface area contributed by atoms with Gasteiger partial charge in [0.1, 0.15) is 0 Å². The Hall–Kier alpha value is 0.734. The Morgan fingerprint density at radius 2 is 1.64 bits per heavy atom. The van der Waals surface area contributed by atoms with Gasteiger partial charge in [-0.05, 0) is 0 Å². The normalized spacial score (nSPS) is 21.5. The molecule has 0 aromatic rings. The second kappa shape index (κ2) is 12.2. The molecule has 0 heterocycles. The van der Waals surface area contributed by atoms with Crippen LogP contribution in [0.1, 0.15) is 59.8 Å². The molecule has 2 aliphatic rings. The molecule has 1 unspecified atom stereocenters. The van der Waals surface area contributed by atoms with Crippen LogP contribution in [0.15, 0.2) is 21.1 Å². The Balaban J connectivity index is 0.00000288. The Labute approximate surface area is 178 Å². The monoisotopic (exact) mass is 423 g/mol. The third-order valence-corrected chi connectivity index (χ3v) is 7.81. The van der Waals surface area contributed by atoms with Crippen molar-refractivity contribution in [3.63, 3.8) is 0 Å². The van der Waals surface area contributed by atoms with E-state index in [4.69, 9.17) is 0 Å². The molecule has 1 atom stereocenters. The molecule has 1 saturated carbocycles. The van der Waals surface area contributed by atoms with Gasteiger partial charge in [0, 0.05) is 0 Å². The van der Waals surface area contributed by atoms with Gasteiger partial charge in [0.05, 0.1) is 0 Å². The summed E-state index contributed by atoms with van der Waals surface area (Å²) in [7, 11) is 4.42. The summed E-state index contributed by atoms with van der Waals surface area (Å²) < 4.78 is 3.34. The molecule has 0 bridgehead atoms. The van der Waals surface area contributed by atoms with Crippen molar-refractivity contribution < 1.29 is 19.2 Å². The zero-order valence-corrected chi connectivity index (χ0v) is 20.3. The van der Waals surface area contributed by atoms with E-state index in [1.807, 2.05) is 9.45 Å². The number of hydrogen-bond donors (Lipinski definition) is 0. The summed E-state index contributed by atoms with van der Waals surface area (Å²) in [5.74, 6) is 3.16. The standard InChI is InChI=1S/C17H27.C4H10N.2ClH.Ti/c1-12(2)15-10-16(13(3)4)17(11-15)14-8-6-5-7-9-14;1-4-5(2)3;;;/h11-14,16H,5-9H2,1-4H3;1,4H2,2-3H3;2*1H;. The van der Waals surface area contributed by atoms with Gasteiger partial charge in [-0.2, -0.15) is 0 Å². The van der Waals surface area contributed by atoms with Crippen LogP contribution in [0.5, 0.6) is 0 Å². The maximum atomic E-state index is 2.68. The van der Waals surface area contributed by atoms with E-state index in [-0.39, 0.29) is 44.0 Å². The third kappa shape index (κ3) is 7.00. The number of nitrogens with zero attached hydrogens (tertiary/aromatic N) is 1. The average molecular weight is 424 g/mol. The van der Waals surface area contributed by atoms with Gasteiger partial charge in [-0.3, -0.25) is 0 Å². The maximum Gasteiger partial charge on any atom is -0.147 e. The molecule has 0 N–H and O–H groups in total. The van der Waals surface area contributed by atoms with Gasteiger partial charge in [0.2, 0.25) is 0 Å². The predicted octanol–water partition coefficient (Wildman–Crippen LogP) is 6.60. The van der Waals surface area contributed by atoms with Gasteiger partial charge in [-0.25, -0.2) is 0 Å². The molecule has 1 fully saturated rings. The van der Waals surface area contributed by atoms with Crippen LogP contribution in [0, 0.1) is 23.7 Å². The van der Waals surface area contributed by atoms with E-state index in [1.54, 1.807) is 5.57 Å². The summed E-state index contributed by atoms with van der Waals surface area (Å²) in [6.07, 6.45) is 9.95. The Kier molecular flexibility index (Phi) is 12.6. The predicted molar refractivity (Wildman–Crippen MR) is 113 cm³/mol. The molecule has 4 heteroatoms. The van der Waals surface area contributed by atoms with Gasteiger partial charge < -0.3 is 0 Å². The molecule has 0 aliphatic heterocycles. The zero-order valence-electron chi connectivity index (χ0n) is 17.1. The van der Waals surface area contributed by atoms with Crippen molar-refractivity contribution in [2.75, 3.05) is 20.6 Å². The van der Waals surface area contributed by atoms with Crippen LogP contribution in [0.25, 0.3) is 0 Å². The molecule has 0 aromatic carbocycles. The smallest absolute Gasteiger partial charge is 0.147 e. The van der Waals surface area contributed by atoms with Gasteiger partial charge in [-0.15, -0.1) is 24.8 Å². The number of hydrogen-bond acceptors (Lipinski definition) is 1. The first-order valence-corrected chi connectivity index (χ1v) is 11.6. The fraction of sp³-hybridized carbons (Fsp3) is 0.810. The summed E-state index contributed by atoms with van der Waals surface area (Å²) in [6.45, 7) is 11.0. The summed E-state index contributed by atoms with van der Waals surface area (Å²) in [5.41, 5.74) is 3.58. The van der Waals surface area contributed by atoms with Crippen molar-refractivity contribution in [1.29, 1.82) is 0 Å². The summed E-state index contributed by atoms with van der Waals surface area (Å²) in [5, 5.41) is 0. The van der Waals surface area contributed by atoms with Gasteiger partial charge in [0.15, 0.2) is 0 Å². The minimum Gasteiger partial charge on any atom is -0.147 e. The first-order valence-electron chi connectivity index (χ1n) is 9.76. The van der Waals surface area contributed by atoms with Gasteiger partial charge in [0.25, 0.3) is 0 Å². The second-order valence-corrected chi connectivity index (χ2v) is 10.6. The SMILES string of the molecule is CC(C)C1=[C]([Ti][CH2]CN(C)C)C(C(C)C)C(C2CCCCC2)=C1.Cl.Cl. The van der Waals surface area contributed by atoms with Crippen molar-refractivity contribution in [3.8, 4) is 0 Å². The molecular weight excluding hydrogens is 385 g/mol. The molecule has 0 spiro atoms. The quantitative estimate of drug-likeness (QED) is 0.417. The summed E-state index contributed by atoms with van der Waals surface area (Å²) >= 11 is 0.0240. The molecule has 0 aromatic heterocycles. The van der Waals surface area contributed by atoms with Gasteiger partial charge in [-0.1, -0.05) is 0 Å². The average Bonchev–Trinajstić information content (AvgIpc) is 2.87. The van der Waals surface area contributed by atoms with Crippen molar-refractivity contribution in [3.05, 3.63) is 21.1 Å². The maximum absolute atomic E-state index is 2.68. The van der Waals surface area contributed by atoms with E-state index in [0.717, 1.165) is 17.8 Å². The third-order valence-electron chi connectivity index (χ3n) is 5.54. The minimum atomic E-state index is 0. The summed E-state index contributed by atoms with van der Waals surface area (Å²) in [6, 6.07) is 0. The van der Waals surface area contributed by atoms with Crippen molar-refractivity contribution in [1.82, 2.24) is 4.90 Å². The molecule has 1 nitrogen and oxygen atoms in total. The molecule has 2 rings (SSSR count). The molecule has 0 saturated heterocycles. The summed E-state index contributed by atoms with van der Waals surface area (Å²) in [4.78, 5) is 2.36. The Bertz CT molecular complexity index is 449. The number of halogens is 2.